The van der Waals surface area contributed by atoms with E-state index in [2.05, 4.69) is 10.6 Å². The third kappa shape index (κ3) is 9.52. The lowest BCUT2D eigenvalue weighted by Gasteiger charge is -2.31. The molecule has 2 atom stereocenters. The van der Waals surface area contributed by atoms with Crippen molar-refractivity contribution in [2.75, 3.05) is 47.6 Å². The number of carbonyl (C=O) groups is 3. The van der Waals surface area contributed by atoms with Crippen LogP contribution in [0.4, 0.5) is 5.69 Å². The number of aliphatic hydroxyl groups excluding tert-OH is 1. The molecule has 0 aliphatic carbocycles. The number of ether oxygens (including phenoxy) is 5. The summed E-state index contributed by atoms with van der Waals surface area (Å²) in [5.74, 6) is -2.72. The molecule has 0 amide bonds. The number of nitrogens with zero attached hydrogens (tertiary/aromatic N) is 1. The van der Waals surface area contributed by atoms with Gasteiger partial charge >= 0.3 is 17.9 Å². The van der Waals surface area contributed by atoms with Crippen LogP contribution in [0.2, 0.25) is 0 Å². The van der Waals surface area contributed by atoms with Crippen molar-refractivity contribution >= 4 is 23.6 Å². The Morgan fingerprint density at radius 1 is 0.978 bits per heavy atom. The molecule has 0 fully saturated rings. The van der Waals surface area contributed by atoms with Gasteiger partial charge in [-0.05, 0) is 44.5 Å². The smallest absolute Gasteiger partial charge is 0.336 e. The van der Waals surface area contributed by atoms with E-state index in [1.165, 1.54) is 32.4 Å². The van der Waals surface area contributed by atoms with Crippen molar-refractivity contribution in [1.29, 1.82) is 0 Å². The van der Waals surface area contributed by atoms with E-state index in [4.69, 9.17) is 23.7 Å². The number of benzene rings is 2. The van der Waals surface area contributed by atoms with E-state index in [1.54, 1.807) is 6.92 Å². The van der Waals surface area contributed by atoms with Crippen molar-refractivity contribution in [1.82, 2.24) is 10.6 Å². The molecule has 0 radical (unpaired) electrons. The average Bonchev–Trinajstić information content (AvgIpc) is 3.06. The van der Waals surface area contributed by atoms with Crippen LogP contribution in [-0.2, 0) is 28.6 Å². The second-order valence-corrected chi connectivity index (χ2v) is 10.2. The van der Waals surface area contributed by atoms with Gasteiger partial charge in [0, 0.05) is 35.6 Å². The second kappa shape index (κ2) is 17.5. The molecule has 2 aromatic rings. The Morgan fingerprint density at radius 3 is 2.33 bits per heavy atom. The summed E-state index contributed by atoms with van der Waals surface area (Å²) in [4.78, 5) is 49.7. The zero-order valence-corrected chi connectivity index (χ0v) is 26.2. The van der Waals surface area contributed by atoms with Crippen LogP contribution in [0, 0.1) is 10.1 Å². The Labute approximate surface area is 266 Å². The van der Waals surface area contributed by atoms with Crippen LogP contribution in [0.15, 0.2) is 71.1 Å². The van der Waals surface area contributed by atoms with Crippen LogP contribution in [-0.4, -0.2) is 81.7 Å². The second-order valence-electron chi connectivity index (χ2n) is 10.2. The summed E-state index contributed by atoms with van der Waals surface area (Å²) < 4.78 is 26.4. The minimum atomic E-state index is -1.24. The topological polar surface area (TPSA) is 185 Å². The molecule has 2 unspecified atom stereocenters. The van der Waals surface area contributed by atoms with Crippen LogP contribution < -0.4 is 20.1 Å². The number of aliphatic hydroxyl groups is 1. The van der Waals surface area contributed by atoms with Gasteiger partial charge in [-0.15, -0.1) is 0 Å². The first kappa shape index (κ1) is 35.5. The predicted octanol–water partition coefficient (Wildman–Crippen LogP) is 2.91. The number of nitro groups is 1. The van der Waals surface area contributed by atoms with Crippen LogP contribution in [0.5, 0.6) is 11.5 Å². The molecule has 0 aromatic heterocycles. The Morgan fingerprint density at radius 2 is 1.67 bits per heavy atom. The van der Waals surface area contributed by atoms with E-state index in [1.807, 2.05) is 30.3 Å². The number of nitrogens with one attached hydrogen (secondary N) is 2. The van der Waals surface area contributed by atoms with E-state index < -0.39 is 34.9 Å². The van der Waals surface area contributed by atoms with Crippen molar-refractivity contribution < 1.29 is 48.1 Å². The Hall–Kier alpha value is -4.95. The molecule has 1 aliphatic rings. The summed E-state index contributed by atoms with van der Waals surface area (Å²) in [5, 5.41) is 28.0. The lowest BCUT2D eigenvalue weighted by atomic mass is 9.79. The highest BCUT2D eigenvalue weighted by Gasteiger charge is 2.41. The number of hydrogen-bond acceptors (Lipinski definition) is 13. The quantitative estimate of drug-likeness (QED) is 0.0754. The number of nitro benzene ring substituents is 1. The van der Waals surface area contributed by atoms with Gasteiger partial charge in [-0.25, -0.2) is 9.59 Å². The molecule has 0 bridgehead atoms. The zero-order valence-electron chi connectivity index (χ0n) is 26.2. The van der Waals surface area contributed by atoms with Gasteiger partial charge in [-0.2, -0.15) is 0 Å². The SMILES string of the molecule is COC(=O)CC1=C(C(=O)OC)C(c2cc([N+](=O)[O-])ccc2OCCCCNCC(O)COc2ccccc2)C(C(=O)OC)=C(C)N1. The van der Waals surface area contributed by atoms with Gasteiger partial charge in [-0.3, -0.25) is 14.9 Å². The Kier molecular flexibility index (Phi) is 13.5. The molecule has 0 saturated carbocycles. The van der Waals surface area contributed by atoms with Crippen molar-refractivity contribution in [2.45, 2.75) is 38.2 Å². The average molecular weight is 642 g/mol. The molecular weight excluding hydrogens is 602 g/mol. The molecule has 0 spiro atoms. The highest BCUT2D eigenvalue weighted by atomic mass is 16.6. The van der Waals surface area contributed by atoms with Crippen molar-refractivity contribution in [3.05, 3.63) is 86.7 Å². The Bertz CT molecular complexity index is 1460. The fourth-order valence-electron chi connectivity index (χ4n) is 4.87. The van der Waals surface area contributed by atoms with Crippen molar-refractivity contribution in [2.24, 2.45) is 0 Å². The number of carbonyl (C=O) groups excluding carboxylic acids is 3. The molecule has 248 valence electrons. The number of hydrogen-bond donors (Lipinski definition) is 3. The molecule has 14 heteroatoms. The van der Waals surface area contributed by atoms with E-state index in [9.17, 15) is 29.6 Å². The van der Waals surface area contributed by atoms with Gasteiger partial charge in [0.1, 0.15) is 24.2 Å². The first-order valence-electron chi connectivity index (χ1n) is 14.5. The molecule has 3 rings (SSSR count). The molecule has 3 N–H and O–H groups in total. The molecule has 14 nitrogen and oxygen atoms in total. The maximum Gasteiger partial charge on any atom is 0.336 e. The van der Waals surface area contributed by atoms with Crippen molar-refractivity contribution in [3.63, 3.8) is 0 Å². The van der Waals surface area contributed by atoms with Gasteiger partial charge in [0.15, 0.2) is 0 Å². The molecule has 0 saturated heterocycles. The van der Waals surface area contributed by atoms with Gasteiger partial charge < -0.3 is 39.4 Å². The van der Waals surface area contributed by atoms with E-state index in [0.29, 0.717) is 31.7 Å². The summed E-state index contributed by atoms with van der Waals surface area (Å²) in [7, 11) is 3.49. The maximum absolute atomic E-state index is 13.2. The third-order valence-corrected chi connectivity index (χ3v) is 7.09. The number of esters is 3. The summed E-state index contributed by atoms with van der Waals surface area (Å²) in [5.41, 5.74) is 0.0690. The molecule has 1 heterocycles. The number of methoxy groups -OCH3 is 3. The highest BCUT2D eigenvalue weighted by Crippen LogP contribution is 2.44. The van der Waals surface area contributed by atoms with Crippen LogP contribution >= 0.6 is 0 Å². The van der Waals surface area contributed by atoms with Gasteiger partial charge in [-0.1, -0.05) is 18.2 Å². The zero-order chi connectivity index (χ0) is 33.6. The minimum Gasteiger partial charge on any atom is -0.493 e. The lowest BCUT2D eigenvalue weighted by Crippen LogP contribution is -2.34. The standard InChI is InChI=1S/C32H39N3O11/c1-20-28(31(38)43-3)29(30(32(39)44-4)25(34-20)17-27(37)42-2)24-16-21(35(40)41)12-13-26(24)45-15-9-8-14-33-18-22(36)19-46-23-10-6-5-7-11-23/h5-7,10-13,16,22,29,33-34,36H,8-9,14-15,17-19H2,1-4H3. The summed E-state index contributed by atoms with van der Waals surface area (Å²) in [6, 6.07) is 13.1. The molecule has 1 aliphatic heterocycles. The lowest BCUT2D eigenvalue weighted by molar-refractivity contribution is -0.384. The molecule has 2 aromatic carbocycles. The van der Waals surface area contributed by atoms with E-state index in [0.717, 1.165) is 7.11 Å². The number of non-ortho nitro benzene ring substituents is 1. The summed E-state index contributed by atoms with van der Waals surface area (Å²) >= 11 is 0. The first-order chi connectivity index (χ1) is 22.1. The van der Waals surface area contributed by atoms with Crippen molar-refractivity contribution in [3.8, 4) is 11.5 Å². The van der Waals surface area contributed by atoms with Gasteiger partial charge in [0.2, 0.25) is 0 Å². The van der Waals surface area contributed by atoms with Crippen LogP contribution in [0.1, 0.15) is 37.7 Å². The molecular formula is C32H39N3O11. The van der Waals surface area contributed by atoms with Gasteiger partial charge in [0.25, 0.3) is 5.69 Å². The minimum absolute atomic E-state index is 0.0131. The number of para-hydroxylation sites is 1. The van der Waals surface area contributed by atoms with E-state index in [-0.39, 0.29) is 59.2 Å². The molecule has 46 heavy (non-hydrogen) atoms. The maximum atomic E-state index is 13.2. The number of allylic oxidation sites excluding steroid dienone is 1. The Balaban J connectivity index is 1.79. The highest BCUT2D eigenvalue weighted by molar-refractivity contribution is 6.00. The summed E-state index contributed by atoms with van der Waals surface area (Å²) in [6.07, 6.45) is 0.170. The predicted molar refractivity (Wildman–Crippen MR) is 165 cm³/mol. The van der Waals surface area contributed by atoms with E-state index >= 15 is 0 Å². The van der Waals surface area contributed by atoms with Crippen LogP contribution in [0.3, 0.4) is 0 Å². The fraction of sp³-hybridized carbons (Fsp3) is 0.406. The number of rotatable bonds is 17. The monoisotopic (exact) mass is 641 g/mol. The van der Waals surface area contributed by atoms with Gasteiger partial charge in [0.05, 0.1) is 56.3 Å². The third-order valence-electron chi connectivity index (χ3n) is 7.09. The largest absolute Gasteiger partial charge is 0.493 e. The number of dihydropyridines is 1. The fourth-order valence-corrected chi connectivity index (χ4v) is 4.87. The van der Waals surface area contributed by atoms with Crippen LogP contribution in [0.25, 0.3) is 0 Å². The number of unbranched alkanes of at least 4 members (excludes halogenated alkanes) is 1. The normalized spacial score (nSPS) is 15.0. The first-order valence-corrected chi connectivity index (χ1v) is 14.5. The summed E-state index contributed by atoms with van der Waals surface area (Å²) in [6.45, 7) is 2.80.